The van der Waals surface area contributed by atoms with Crippen molar-refractivity contribution in [2.45, 2.75) is 13.8 Å². The fourth-order valence-electron chi connectivity index (χ4n) is 1.35. The van der Waals surface area contributed by atoms with Crippen LogP contribution in [0.15, 0.2) is 3.92 Å². The highest BCUT2D eigenvalue weighted by atomic mass is 79.9. The lowest BCUT2D eigenvalue weighted by Gasteiger charge is -1.92. The van der Waals surface area contributed by atoms with Gasteiger partial charge in [0.05, 0.1) is 14.2 Å². The quantitative estimate of drug-likeness (QED) is 0.762. The highest BCUT2D eigenvalue weighted by Gasteiger charge is 2.14. The number of nitrogens with zero attached hydrogens (tertiary/aromatic N) is 2. The molecular weight excluding hydrogens is 394 g/mol. The van der Waals surface area contributed by atoms with Crippen LogP contribution in [0.2, 0.25) is 0 Å². The third-order valence-corrected chi connectivity index (χ3v) is 4.56. The first-order chi connectivity index (χ1) is 10.3. The third-order valence-electron chi connectivity index (χ3n) is 2.34. The Bertz CT molecular complexity index is 626. The Hall–Kier alpha value is -1.52. The van der Waals surface area contributed by atoms with E-state index in [0.29, 0.717) is 20.4 Å². The number of nitrogen functional groups attached to an aromatic ring is 1. The molecule has 2 heterocycles. The van der Waals surface area contributed by atoms with Crippen LogP contribution in [0.4, 0.5) is 5.13 Å². The number of nitrogens with two attached hydrogens (primary N) is 1. The van der Waals surface area contributed by atoms with Gasteiger partial charge in [-0.2, -0.15) is 0 Å². The number of carbonyl (C=O) groups excluding carboxylic acids is 2. The standard InChI is InChI=1S/C6H6BrNO2S.C6H8N2O2S/c2*1-3-4(5(9)10-2)8-6(7)11-3/h1-2H3;1-2H3,(H2,7,8). The van der Waals surface area contributed by atoms with E-state index in [1.807, 2.05) is 6.92 Å². The maximum absolute atomic E-state index is 10.9. The molecule has 2 aromatic heterocycles. The molecule has 0 atom stereocenters. The van der Waals surface area contributed by atoms with E-state index in [9.17, 15) is 9.59 Å². The molecule has 0 radical (unpaired) electrons. The number of anilines is 1. The van der Waals surface area contributed by atoms with Crippen LogP contribution in [0.3, 0.4) is 0 Å². The molecule has 0 aliphatic heterocycles. The Balaban J connectivity index is 0.000000220. The van der Waals surface area contributed by atoms with Crippen LogP contribution < -0.4 is 5.73 Å². The molecule has 0 saturated carbocycles. The van der Waals surface area contributed by atoms with Gasteiger partial charge in [-0.15, -0.1) is 22.7 Å². The molecule has 2 N–H and O–H groups in total. The van der Waals surface area contributed by atoms with E-state index in [2.05, 4.69) is 35.4 Å². The first-order valence-electron chi connectivity index (χ1n) is 5.82. The summed E-state index contributed by atoms with van der Waals surface area (Å²) >= 11 is 5.88. The zero-order valence-electron chi connectivity index (χ0n) is 12.3. The minimum atomic E-state index is -0.435. The van der Waals surface area contributed by atoms with E-state index in [-0.39, 0.29) is 5.97 Å². The molecule has 0 saturated heterocycles. The number of halogens is 1. The van der Waals surface area contributed by atoms with Crippen molar-refractivity contribution >= 4 is 55.7 Å². The zero-order valence-corrected chi connectivity index (χ0v) is 15.5. The Kier molecular flexibility index (Phi) is 6.91. The number of hydrogen-bond donors (Lipinski definition) is 1. The molecule has 0 bridgehead atoms. The van der Waals surface area contributed by atoms with Crippen LogP contribution in [0.5, 0.6) is 0 Å². The predicted octanol–water partition coefficient (Wildman–Crippen LogP) is 2.82. The summed E-state index contributed by atoms with van der Waals surface area (Å²) in [6.45, 7) is 3.61. The number of carbonyl (C=O) groups is 2. The molecular formula is C12H14BrN3O4S2. The van der Waals surface area contributed by atoms with Gasteiger partial charge in [-0.3, -0.25) is 0 Å². The number of aromatic nitrogens is 2. The van der Waals surface area contributed by atoms with Gasteiger partial charge in [0.2, 0.25) is 0 Å². The number of thiazole rings is 2. The highest BCUT2D eigenvalue weighted by Crippen LogP contribution is 2.22. The van der Waals surface area contributed by atoms with Gasteiger partial charge < -0.3 is 15.2 Å². The lowest BCUT2D eigenvalue weighted by atomic mass is 10.4. The lowest BCUT2D eigenvalue weighted by molar-refractivity contribution is 0.0585. The first-order valence-corrected chi connectivity index (χ1v) is 8.25. The molecule has 0 spiro atoms. The number of hydrogen-bond acceptors (Lipinski definition) is 9. The predicted molar refractivity (Wildman–Crippen MR) is 88.5 cm³/mol. The van der Waals surface area contributed by atoms with Gasteiger partial charge in [-0.05, 0) is 29.8 Å². The van der Waals surface area contributed by atoms with E-state index in [1.54, 1.807) is 6.92 Å². The summed E-state index contributed by atoms with van der Waals surface area (Å²) in [6, 6.07) is 0. The molecule has 0 amide bonds. The van der Waals surface area contributed by atoms with E-state index in [4.69, 9.17) is 5.73 Å². The van der Waals surface area contributed by atoms with Crippen molar-refractivity contribution in [1.82, 2.24) is 9.97 Å². The van der Waals surface area contributed by atoms with E-state index in [0.717, 1.165) is 9.75 Å². The molecule has 0 aliphatic carbocycles. The van der Waals surface area contributed by atoms with Crippen molar-refractivity contribution in [3.05, 3.63) is 25.1 Å². The summed E-state index contributed by atoms with van der Waals surface area (Å²) in [5.41, 5.74) is 6.08. The average Bonchev–Trinajstić information content (AvgIpc) is 2.99. The SMILES string of the molecule is COC(=O)c1nc(Br)sc1C.COC(=O)c1nc(N)sc1C. The first kappa shape index (κ1) is 18.5. The van der Waals surface area contributed by atoms with Gasteiger partial charge in [0, 0.05) is 9.75 Å². The van der Waals surface area contributed by atoms with Crippen LogP contribution in [0.1, 0.15) is 30.7 Å². The molecule has 22 heavy (non-hydrogen) atoms. The molecule has 10 heteroatoms. The molecule has 2 aromatic rings. The van der Waals surface area contributed by atoms with Gasteiger partial charge in [-0.1, -0.05) is 0 Å². The largest absolute Gasteiger partial charge is 0.464 e. The Labute approximate surface area is 143 Å². The molecule has 120 valence electrons. The molecule has 7 nitrogen and oxygen atoms in total. The normalized spacial score (nSPS) is 9.68. The van der Waals surface area contributed by atoms with E-state index < -0.39 is 5.97 Å². The monoisotopic (exact) mass is 407 g/mol. The van der Waals surface area contributed by atoms with Crippen molar-refractivity contribution in [2.75, 3.05) is 20.0 Å². The highest BCUT2D eigenvalue weighted by molar-refractivity contribution is 9.11. The average molecular weight is 408 g/mol. The summed E-state index contributed by atoms with van der Waals surface area (Å²) in [7, 11) is 2.66. The number of aryl methyl sites for hydroxylation is 2. The summed E-state index contributed by atoms with van der Waals surface area (Å²) in [5.74, 6) is -0.820. The number of ether oxygens (including phenoxy) is 2. The Morgan fingerprint density at radius 3 is 1.77 bits per heavy atom. The van der Waals surface area contributed by atoms with Crippen molar-refractivity contribution in [3.8, 4) is 0 Å². The number of esters is 2. The van der Waals surface area contributed by atoms with Crippen molar-refractivity contribution in [1.29, 1.82) is 0 Å². The summed E-state index contributed by atoms with van der Waals surface area (Å²) in [6.07, 6.45) is 0. The zero-order chi connectivity index (χ0) is 16.9. The second-order valence-corrected chi connectivity index (χ2v) is 7.53. The third kappa shape index (κ3) is 4.75. The van der Waals surface area contributed by atoms with Crippen LogP contribution in [-0.4, -0.2) is 36.1 Å². The van der Waals surface area contributed by atoms with Crippen LogP contribution in [-0.2, 0) is 9.47 Å². The maximum Gasteiger partial charge on any atom is 0.357 e. The minimum absolute atomic E-state index is 0.315. The second kappa shape index (κ2) is 8.20. The van der Waals surface area contributed by atoms with Crippen molar-refractivity contribution < 1.29 is 19.1 Å². The van der Waals surface area contributed by atoms with Gasteiger partial charge in [0.15, 0.2) is 20.4 Å². The molecule has 0 fully saturated rings. The smallest absolute Gasteiger partial charge is 0.357 e. The lowest BCUT2D eigenvalue weighted by Crippen LogP contribution is -2.03. The van der Waals surface area contributed by atoms with E-state index >= 15 is 0 Å². The molecule has 2 rings (SSSR count). The second-order valence-electron chi connectivity index (χ2n) is 3.81. The topological polar surface area (TPSA) is 104 Å². The minimum Gasteiger partial charge on any atom is -0.464 e. The molecule has 0 aliphatic rings. The van der Waals surface area contributed by atoms with Crippen molar-refractivity contribution in [3.63, 3.8) is 0 Å². The van der Waals surface area contributed by atoms with Crippen LogP contribution in [0.25, 0.3) is 0 Å². The van der Waals surface area contributed by atoms with E-state index in [1.165, 1.54) is 36.9 Å². The van der Waals surface area contributed by atoms with Gasteiger partial charge >= 0.3 is 11.9 Å². The fourth-order valence-corrected chi connectivity index (χ4v) is 3.55. The Morgan fingerprint density at radius 2 is 1.45 bits per heavy atom. The van der Waals surface area contributed by atoms with Crippen LogP contribution in [0, 0.1) is 13.8 Å². The van der Waals surface area contributed by atoms with Crippen LogP contribution >= 0.6 is 38.6 Å². The molecule has 0 aromatic carbocycles. The summed E-state index contributed by atoms with van der Waals surface area (Å²) in [5, 5.41) is 0.392. The Morgan fingerprint density at radius 1 is 1.00 bits per heavy atom. The van der Waals surface area contributed by atoms with Gasteiger partial charge in [-0.25, -0.2) is 19.6 Å². The summed E-state index contributed by atoms with van der Waals surface area (Å²) < 4.78 is 9.70. The van der Waals surface area contributed by atoms with Gasteiger partial charge in [0.1, 0.15) is 0 Å². The molecule has 0 unspecified atom stereocenters. The van der Waals surface area contributed by atoms with Gasteiger partial charge in [0.25, 0.3) is 0 Å². The maximum atomic E-state index is 10.9. The number of rotatable bonds is 2. The fraction of sp³-hybridized carbons (Fsp3) is 0.333. The van der Waals surface area contributed by atoms with Crippen molar-refractivity contribution in [2.24, 2.45) is 0 Å². The summed E-state index contributed by atoms with van der Waals surface area (Å²) in [4.78, 5) is 31.3. The number of methoxy groups -OCH3 is 2.